The molecule has 0 aliphatic heterocycles. The van der Waals surface area contributed by atoms with E-state index < -0.39 is 0 Å². The van der Waals surface area contributed by atoms with Gasteiger partial charge in [-0.05, 0) is 11.6 Å². The summed E-state index contributed by atoms with van der Waals surface area (Å²) in [6.45, 7) is 6.88. The minimum Gasteiger partial charge on any atom is -0.384 e. The maximum atomic E-state index is 13.0. The third-order valence-electron chi connectivity index (χ3n) is 3.68. The summed E-state index contributed by atoms with van der Waals surface area (Å²) in [4.78, 5) is 18.8. The SMILES string of the molecule is C=CCn1c(SC(C)COC)nc2cc(-c3ccccc3)sc2c1=O. The maximum Gasteiger partial charge on any atom is 0.272 e. The van der Waals surface area contributed by atoms with Gasteiger partial charge in [-0.3, -0.25) is 9.36 Å². The van der Waals surface area contributed by atoms with Gasteiger partial charge in [0, 0.05) is 23.8 Å². The summed E-state index contributed by atoms with van der Waals surface area (Å²) in [5, 5.41) is 0.914. The lowest BCUT2D eigenvalue weighted by atomic mass is 10.2. The lowest BCUT2D eigenvalue weighted by Gasteiger charge is -2.13. The Hall–Kier alpha value is -1.89. The number of nitrogens with zero attached hydrogens (tertiary/aromatic N) is 2. The topological polar surface area (TPSA) is 44.1 Å². The zero-order valence-electron chi connectivity index (χ0n) is 14.3. The summed E-state index contributed by atoms with van der Waals surface area (Å²) in [7, 11) is 1.68. The quantitative estimate of drug-likeness (QED) is 0.349. The summed E-state index contributed by atoms with van der Waals surface area (Å²) in [5.41, 5.74) is 1.84. The van der Waals surface area contributed by atoms with Gasteiger partial charge < -0.3 is 4.74 Å². The van der Waals surface area contributed by atoms with E-state index in [0.717, 1.165) is 16.0 Å². The molecule has 25 heavy (non-hydrogen) atoms. The highest BCUT2D eigenvalue weighted by atomic mass is 32.2. The molecule has 0 N–H and O–H groups in total. The Kier molecular flexibility index (Phi) is 5.73. The van der Waals surface area contributed by atoms with Crippen LogP contribution in [-0.4, -0.2) is 28.5 Å². The van der Waals surface area contributed by atoms with E-state index >= 15 is 0 Å². The van der Waals surface area contributed by atoms with Crippen molar-refractivity contribution in [3.8, 4) is 10.4 Å². The van der Waals surface area contributed by atoms with Crippen LogP contribution in [0.5, 0.6) is 0 Å². The number of fused-ring (bicyclic) bond motifs is 1. The number of allylic oxidation sites excluding steroid dienone is 1. The van der Waals surface area contributed by atoms with Crippen LogP contribution in [0.15, 0.2) is 59.0 Å². The van der Waals surface area contributed by atoms with E-state index in [1.54, 1.807) is 29.5 Å². The molecule has 2 heterocycles. The van der Waals surface area contributed by atoms with Crippen LogP contribution in [0.4, 0.5) is 0 Å². The highest BCUT2D eigenvalue weighted by Crippen LogP contribution is 2.32. The lowest BCUT2D eigenvalue weighted by Crippen LogP contribution is -2.23. The van der Waals surface area contributed by atoms with Crippen LogP contribution in [0.1, 0.15) is 6.92 Å². The zero-order chi connectivity index (χ0) is 17.8. The number of rotatable bonds is 7. The first-order valence-electron chi connectivity index (χ1n) is 8.00. The van der Waals surface area contributed by atoms with Crippen LogP contribution in [-0.2, 0) is 11.3 Å². The van der Waals surface area contributed by atoms with Crippen LogP contribution in [0.3, 0.4) is 0 Å². The standard InChI is InChI=1S/C19H20N2O2S2/c1-4-10-21-18(22)17-15(20-19(21)24-13(2)12-23-3)11-16(25-17)14-8-6-5-7-9-14/h4-9,11,13H,1,10,12H2,2-3H3. The molecule has 1 aromatic carbocycles. The molecule has 0 aliphatic rings. The molecular formula is C19H20N2O2S2. The van der Waals surface area contributed by atoms with Crippen LogP contribution in [0.2, 0.25) is 0 Å². The number of aromatic nitrogens is 2. The van der Waals surface area contributed by atoms with Gasteiger partial charge in [0.2, 0.25) is 0 Å². The van der Waals surface area contributed by atoms with Crippen LogP contribution < -0.4 is 5.56 Å². The Labute approximate surface area is 155 Å². The second-order valence-corrected chi connectivity index (χ2v) is 8.13. The first kappa shape index (κ1) is 17.9. The molecule has 3 rings (SSSR count). The predicted molar refractivity (Wildman–Crippen MR) is 107 cm³/mol. The number of hydrogen-bond donors (Lipinski definition) is 0. The molecule has 1 atom stereocenters. The lowest BCUT2D eigenvalue weighted by molar-refractivity contribution is 0.203. The Morgan fingerprint density at radius 1 is 1.40 bits per heavy atom. The number of methoxy groups -OCH3 is 1. The van der Waals surface area contributed by atoms with Gasteiger partial charge in [0.25, 0.3) is 5.56 Å². The molecular weight excluding hydrogens is 352 g/mol. The smallest absolute Gasteiger partial charge is 0.272 e. The van der Waals surface area contributed by atoms with Gasteiger partial charge in [-0.15, -0.1) is 17.9 Å². The highest BCUT2D eigenvalue weighted by Gasteiger charge is 2.16. The van der Waals surface area contributed by atoms with Crippen LogP contribution >= 0.6 is 23.1 Å². The minimum atomic E-state index is -0.0100. The van der Waals surface area contributed by atoms with E-state index in [0.29, 0.717) is 23.0 Å². The largest absolute Gasteiger partial charge is 0.384 e. The summed E-state index contributed by atoms with van der Waals surface area (Å²) >= 11 is 3.04. The summed E-state index contributed by atoms with van der Waals surface area (Å²) in [6.07, 6.45) is 1.73. The zero-order valence-corrected chi connectivity index (χ0v) is 15.9. The van der Waals surface area contributed by atoms with Crippen molar-refractivity contribution < 1.29 is 4.74 Å². The van der Waals surface area contributed by atoms with E-state index in [1.165, 1.54) is 11.3 Å². The van der Waals surface area contributed by atoms with Gasteiger partial charge >= 0.3 is 0 Å². The van der Waals surface area contributed by atoms with Gasteiger partial charge in [-0.25, -0.2) is 4.98 Å². The van der Waals surface area contributed by atoms with Crippen molar-refractivity contribution in [2.75, 3.05) is 13.7 Å². The molecule has 0 saturated carbocycles. The molecule has 1 unspecified atom stereocenters. The second kappa shape index (κ2) is 7.99. The summed E-state index contributed by atoms with van der Waals surface area (Å²) in [5.74, 6) is 0. The fourth-order valence-electron chi connectivity index (χ4n) is 2.56. The fraction of sp³-hybridized carbons (Fsp3) is 0.263. The van der Waals surface area contributed by atoms with Crippen molar-refractivity contribution in [1.82, 2.24) is 9.55 Å². The number of thioether (sulfide) groups is 1. The average Bonchev–Trinajstić information content (AvgIpc) is 3.04. The van der Waals surface area contributed by atoms with Crippen molar-refractivity contribution in [2.45, 2.75) is 23.9 Å². The van der Waals surface area contributed by atoms with Crippen molar-refractivity contribution in [2.24, 2.45) is 0 Å². The monoisotopic (exact) mass is 372 g/mol. The summed E-state index contributed by atoms with van der Waals surface area (Å²) in [6, 6.07) is 12.1. The normalized spacial score (nSPS) is 12.4. The van der Waals surface area contributed by atoms with Crippen molar-refractivity contribution in [1.29, 1.82) is 0 Å². The van der Waals surface area contributed by atoms with E-state index in [1.807, 2.05) is 36.4 Å². The third-order valence-corrected chi connectivity index (χ3v) is 5.90. The van der Waals surface area contributed by atoms with Crippen molar-refractivity contribution in [3.63, 3.8) is 0 Å². The van der Waals surface area contributed by atoms with E-state index in [2.05, 4.69) is 13.5 Å². The number of hydrogen-bond acceptors (Lipinski definition) is 5. The molecule has 130 valence electrons. The first-order valence-corrected chi connectivity index (χ1v) is 9.70. The van der Waals surface area contributed by atoms with Gasteiger partial charge in [0.05, 0.1) is 12.1 Å². The van der Waals surface area contributed by atoms with E-state index in [4.69, 9.17) is 9.72 Å². The Morgan fingerprint density at radius 3 is 2.84 bits per heavy atom. The molecule has 0 spiro atoms. The molecule has 4 nitrogen and oxygen atoms in total. The molecule has 6 heteroatoms. The summed E-state index contributed by atoms with van der Waals surface area (Å²) < 4.78 is 7.58. The van der Waals surface area contributed by atoms with Gasteiger partial charge in [0.1, 0.15) is 4.70 Å². The van der Waals surface area contributed by atoms with E-state index in [9.17, 15) is 4.79 Å². The molecule has 0 bridgehead atoms. The fourth-order valence-corrected chi connectivity index (χ4v) is 4.61. The minimum absolute atomic E-state index is 0.0100. The van der Waals surface area contributed by atoms with Crippen molar-refractivity contribution in [3.05, 3.63) is 59.4 Å². The van der Waals surface area contributed by atoms with Gasteiger partial charge in [-0.2, -0.15) is 0 Å². The molecule has 2 aromatic heterocycles. The molecule has 0 radical (unpaired) electrons. The van der Waals surface area contributed by atoms with E-state index in [-0.39, 0.29) is 10.8 Å². The first-order chi connectivity index (χ1) is 12.1. The average molecular weight is 373 g/mol. The highest BCUT2D eigenvalue weighted by molar-refractivity contribution is 7.99. The molecule has 0 aliphatic carbocycles. The second-order valence-electron chi connectivity index (χ2n) is 5.67. The molecule has 0 saturated heterocycles. The number of thiophene rings is 1. The molecule has 3 aromatic rings. The maximum absolute atomic E-state index is 13.0. The van der Waals surface area contributed by atoms with Gasteiger partial charge in [0.15, 0.2) is 5.16 Å². The van der Waals surface area contributed by atoms with Gasteiger partial charge in [-0.1, -0.05) is 55.1 Å². The Balaban J connectivity index is 2.11. The predicted octanol–water partition coefficient (Wildman–Crippen LogP) is 4.44. The Bertz CT molecular complexity index is 932. The van der Waals surface area contributed by atoms with Crippen LogP contribution in [0, 0.1) is 0 Å². The van der Waals surface area contributed by atoms with Crippen LogP contribution in [0.25, 0.3) is 20.7 Å². The number of benzene rings is 1. The molecule has 0 amide bonds. The van der Waals surface area contributed by atoms with Crippen molar-refractivity contribution >= 4 is 33.3 Å². The third kappa shape index (κ3) is 3.86. The Morgan fingerprint density at radius 2 is 2.16 bits per heavy atom. The number of ether oxygens (including phenoxy) is 1. The molecule has 0 fully saturated rings.